The molecule has 0 spiro atoms. The minimum Gasteiger partial charge on any atom is -0.356 e. The summed E-state index contributed by atoms with van der Waals surface area (Å²) in [4.78, 5) is 118. The maximum Gasteiger partial charge on any atom is 0.292 e. The van der Waals surface area contributed by atoms with Gasteiger partial charge in [0.05, 0.1) is 11.4 Å². The Morgan fingerprint density at radius 3 is 1.46 bits per heavy atom. The molecular formula is C45H58N18O8. The van der Waals surface area contributed by atoms with Crippen molar-refractivity contribution in [3.8, 4) is 0 Å². The minimum absolute atomic E-state index is 0.00678. The molecule has 8 N–H and O–H groups in total. The molecule has 0 fully saturated rings. The second kappa shape index (κ2) is 23.0. The summed E-state index contributed by atoms with van der Waals surface area (Å²) < 4.78 is 9.03. The Morgan fingerprint density at radius 1 is 0.465 bits per heavy atom. The van der Waals surface area contributed by atoms with Crippen molar-refractivity contribution in [3.05, 3.63) is 96.0 Å². The van der Waals surface area contributed by atoms with Crippen molar-refractivity contribution in [1.82, 2.24) is 63.2 Å². The van der Waals surface area contributed by atoms with Crippen LogP contribution in [-0.4, -0.2) is 135 Å². The first-order valence-corrected chi connectivity index (χ1v) is 22.3. The molecule has 0 aliphatic rings. The molecule has 71 heavy (non-hydrogen) atoms. The predicted molar refractivity (Wildman–Crippen MR) is 261 cm³/mol. The topological polar surface area (TPSA) is 304 Å². The van der Waals surface area contributed by atoms with E-state index >= 15 is 0 Å². The van der Waals surface area contributed by atoms with Gasteiger partial charge in [0.1, 0.15) is 17.1 Å². The van der Waals surface area contributed by atoms with Crippen LogP contribution in [0.5, 0.6) is 0 Å². The van der Waals surface area contributed by atoms with E-state index in [1.165, 1.54) is 38.4 Å². The zero-order valence-corrected chi connectivity index (χ0v) is 40.7. The van der Waals surface area contributed by atoms with Crippen LogP contribution in [0.4, 0.5) is 28.8 Å². The number of amides is 8. The maximum absolute atomic E-state index is 13.2. The summed E-state index contributed by atoms with van der Waals surface area (Å²) in [6.07, 6.45) is 10.5. The number of aryl methyl sites for hydroxylation is 6. The molecule has 0 unspecified atom stereocenters. The van der Waals surface area contributed by atoms with Gasteiger partial charge in [0.2, 0.25) is 29.3 Å². The fraction of sp³-hybridized carbons (Fsp3) is 0.356. The minimum atomic E-state index is -0.676. The highest BCUT2D eigenvalue weighted by atomic mass is 16.2. The van der Waals surface area contributed by atoms with Crippen molar-refractivity contribution in [2.75, 3.05) is 66.9 Å². The van der Waals surface area contributed by atoms with E-state index in [0.717, 1.165) is 13.0 Å². The summed E-state index contributed by atoms with van der Waals surface area (Å²) in [7, 11) is 13.7. The van der Waals surface area contributed by atoms with Gasteiger partial charge < -0.3 is 74.8 Å². The highest BCUT2D eigenvalue weighted by Crippen LogP contribution is 2.19. The largest absolute Gasteiger partial charge is 0.356 e. The summed E-state index contributed by atoms with van der Waals surface area (Å²) in [5, 5.41) is 21.6. The van der Waals surface area contributed by atoms with Crippen LogP contribution in [0.1, 0.15) is 89.0 Å². The molecule has 0 saturated carbocycles. The highest BCUT2D eigenvalue weighted by Gasteiger charge is 2.23. The Kier molecular flexibility index (Phi) is 16.7. The van der Waals surface area contributed by atoms with Gasteiger partial charge in [-0.1, -0.05) is 0 Å². The number of aromatic nitrogens is 9. The van der Waals surface area contributed by atoms with E-state index in [-0.39, 0.29) is 90.5 Å². The lowest BCUT2D eigenvalue weighted by molar-refractivity contribution is -0.121. The third kappa shape index (κ3) is 13.7. The first kappa shape index (κ1) is 51.6. The number of hydrogen-bond acceptors (Lipinski definition) is 12. The maximum atomic E-state index is 13.2. The number of carbonyl (C=O) groups excluding carboxylic acids is 8. The normalized spacial score (nSPS) is 11.0. The zero-order chi connectivity index (χ0) is 51.5. The van der Waals surface area contributed by atoms with Gasteiger partial charge in [-0.3, -0.25) is 38.4 Å². The van der Waals surface area contributed by atoms with Crippen molar-refractivity contribution in [2.24, 2.45) is 42.3 Å². The molecule has 6 rings (SSSR count). The monoisotopic (exact) mass is 978 g/mol. The quantitative estimate of drug-likeness (QED) is 0.0446. The van der Waals surface area contributed by atoms with E-state index < -0.39 is 35.4 Å². The zero-order valence-electron chi connectivity index (χ0n) is 40.7. The smallest absolute Gasteiger partial charge is 0.292 e. The van der Waals surface area contributed by atoms with Gasteiger partial charge in [-0.15, -0.1) is 0 Å². The summed E-state index contributed by atoms with van der Waals surface area (Å²) in [6.45, 7) is 1.62. The molecule has 6 aromatic rings. The Bertz CT molecular complexity index is 2960. The standard InChI is InChI=1S/C45H58N18O8/c1-57(2)18-11-16-46-35(64)14-17-48-43(69)37-53-33(25-61(37)6)55-45(71)39-54-34(26-63(39)8)56-44(70)38-52-32(24-62(38)7)51-36(65)13-9-15-47-40(66)30-20-27(22-59(30)4)50-42(68)31-21-28(23-60(31)5)49-41(67)29-12-10-19-58(29)3/h10,12,19-26H,9,11,13-18H2,1-8H3,(H,46,64)(H,47,66)(H,48,69)(H,49,67)(H,50,68)(H,51,65)(H,55,71)(H,56,70). The Morgan fingerprint density at radius 2 is 0.944 bits per heavy atom. The van der Waals surface area contributed by atoms with Crippen molar-refractivity contribution in [2.45, 2.75) is 25.7 Å². The number of nitrogens with one attached hydrogen (secondary N) is 8. The lowest BCUT2D eigenvalue weighted by atomic mass is 10.3. The molecule has 26 nitrogen and oxygen atoms in total. The second-order valence-electron chi connectivity index (χ2n) is 16.9. The van der Waals surface area contributed by atoms with Crippen LogP contribution in [0.3, 0.4) is 0 Å². The molecule has 376 valence electrons. The van der Waals surface area contributed by atoms with E-state index in [1.54, 1.807) is 92.8 Å². The summed E-state index contributed by atoms with van der Waals surface area (Å²) >= 11 is 0. The van der Waals surface area contributed by atoms with Crippen LogP contribution >= 0.6 is 0 Å². The van der Waals surface area contributed by atoms with Gasteiger partial charge in [0, 0.05) is 112 Å². The predicted octanol–water partition coefficient (Wildman–Crippen LogP) is 1.25. The molecule has 0 radical (unpaired) electrons. The van der Waals surface area contributed by atoms with Gasteiger partial charge in [-0.2, -0.15) is 0 Å². The molecule has 0 saturated heterocycles. The number of carbonyl (C=O) groups is 8. The van der Waals surface area contributed by atoms with Gasteiger partial charge in [0.15, 0.2) is 17.5 Å². The van der Waals surface area contributed by atoms with Gasteiger partial charge >= 0.3 is 0 Å². The molecule has 0 aromatic carbocycles. The molecular weight excluding hydrogens is 921 g/mol. The van der Waals surface area contributed by atoms with E-state index in [0.29, 0.717) is 23.6 Å². The fourth-order valence-electron chi connectivity index (χ4n) is 7.19. The number of nitrogens with zero attached hydrogens (tertiary/aromatic N) is 10. The average Bonchev–Trinajstić information content (AvgIpc) is 4.17. The van der Waals surface area contributed by atoms with Crippen molar-refractivity contribution in [1.29, 1.82) is 0 Å². The van der Waals surface area contributed by atoms with Crippen molar-refractivity contribution in [3.63, 3.8) is 0 Å². The second-order valence-corrected chi connectivity index (χ2v) is 16.9. The third-order valence-electron chi connectivity index (χ3n) is 10.8. The summed E-state index contributed by atoms with van der Waals surface area (Å²) in [5.74, 6) is -3.62. The van der Waals surface area contributed by atoms with Crippen LogP contribution < -0.4 is 42.5 Å². The van der Waals surface area contributed by atoms with E-state index in [2.05, 4.69) is 57.5 Å². The van der Waals surface area contributed by atoms with Crippen molar-refractivity contribution < 1.29 is 38.4 Å². The number of rotatable bonds is 22. The molecule has 26 heteroatoms. The molecule has 6 aromatic heterocycles. The van der Waals surface area contributed by atoms with Crippen molar-refractivity contribution >= 4 is 76.1 Å². The van der Waals surface area contributed by atoms with Crippen LogP contribution in [0.25, 0.3) is 0 Å². The third-order valence-corrected chi connectivity index (χ3v) is 10.8. The average molecular weight is 979 g/mol. The lowest BCUT2D eigenvalue weighted by Gasteiger charge is -2.10. The molecule has 0 aliphatic heterocycles. The summed E-state index contributed by atoms with van der Waals surface area (Å²) in [5.41, 5.74) is 1.81. The van der Waals surface area contributed by atoms with Crippen LogP contribution in [0, 0.1) is 0 Å². The number of hydrogen-bond donors (Lipinski definition) is 8. The SMILES string of the molecule is CN(C)CCCNC(=O)CCNC(=O)c1nc(NC(=O)c2nc(NC(=O)c3nc(NC(=O)CCCNC(=O)c4cc(NC(=O)c5cc(NC(=O)c6cccn6C)cn5C)cn4C)cn3C)cn2C)cn1C. The summed E-state index contributed by atoms with van der Waals surface area (Å²) in [6, 6.07) is 6.50. The molecule has 8 amide bonds. The molecule has 6 heterocycles. The van der Waals surface area contributed by atoms with E-state index in [4.69, 9.17) is 0 Å². The Balaban J connectivity index is 0.916. The fourth-order valence-corrected chi connectivity index (χ4v) is 7.19. The number of anilines is 5. The van der Waals surface area contributed by atoms with E-state index in [9.17, 15) is 38.4 Å². The van der Waals surface area contributed by atoms with Gasteiger partial charge in [0.25, 0.3) is 35.4 Å². The molecule has 0 bridgehead atoms. The Labute approximate surface area is 407 Å². The van der Waals surface area contributed by atoms with Crippen LogP contribution in [0.2, 0.25) is 0 Å². The van der Waals surface area contributed by atoms with Crippen LogP contribution in [0.15, 0.2) is 61.4 Å². The number of imidazole rings is 3. The van der Waals surface area contributed by atoms with Crippen LogP contribution in [-0.2, 0) is 51.9 Å². The van der Waals surface area contributed by atoms with Gasteiger partial charge in [-0.25, -0.2) is 15.0 Å². The van der Waals surface area contributed by atoms with Gasteiger partial charge in [-0.05, 0) is 57.7 Å². The highest BCUT2D eigenvalue weighted by molar-refractivity contribution is 6.07. The lowest BCUT2D eigenvalue weighted by Crippen LogP contribution is -2.32. The first-order valence-electron chi connectivity index (χ1n) is 22.3. The molecule has 0 atom stereocenters. The van der Waals surface area contributed by atoms with E-state index in [1.807, 2.05) is 19.0 Å². The molecule has 0 aliphatic carbocycles. The Hall–Kier alpha value is -8.81. The first-order chi connectivity index (χ1) is 33.8.